The number of halogens is 6. The molecule has 0 aliphatic rings. The van der Waals surface area contributed by atoms with E-state index in [1.165, 1.54) is 45.9 Å². The molecule has 0 aliphatic heterocycles. The zero-order valence-electron chi connectivity index (χ0n) is 27.3. The van der Waals surface area contributed by atoms with Crippen molar-refractivity contribution >= 4 is 56.1 Å². The van der Waals surface area contributed by atoms with Crippen LogP contribution in [-0.4, -0.2) is 47.9 Å². The second-order valence-electron chi connectivity index (χ2n) is 11.3. The number of benzene rings is 5. The van der Waals surface area contributed by atoms with Gasteiger partial charge in [-0.3, -0.25) is 4.79 Å². The van der Waals surface area contributed by atoms with Gasteiger partial charge >= 0.3 is 32.8 Å². The monoisotopic (exact) mass is 851 g/mol. The molecule has 0 bridgehead atoms. The van der Waals surface area contributed by atoms with Gasteiger partial charge in [-0.05, 0) is 60.7 Å². The summed E-state index contributed by atoms with van der Waals surface area (Å²) in [5.74, 6) is -5.34. The Labute approximate surface area is 311 Å². The van der Waals surface area contributed by atoms with Crippen molar-refractivity contribution < 1.29 is 56.7 Å². The minimum atomic E-state index is -5.42. The number of aliphatic hydroxyl groups excluding tert-OH is 1. The average molecular weight is 852 g/mol. The number of carbonyl (C=O) groups is 1. The summed E-state index contributed by atoms with van der Waals surface area (Å²) in [4.78, 5) is 9.86. The first-order valence-electron chi connectivity index (χ1n) is 15.9. The minimum absolute atomic E-state index is 0. The van der Waals surface area contributed by atoms with Crippen LogP contribution in [0.25, 0.3) is 0 Å². The van der Waals surface area contributed by atoms with Gasteiger partial charge in [-0.2, -0.15) is 26.3 Å². The van der Waals surface area contributed by atoms with Crippen molar-refractivity contribution in [2.45, 2.75) is 12.4 Å². The van der Waals surface area contributed by atoms with Crippen molar-refractivity contribution in [3.63, 3.8) is 0 Å². The summed E-state index contributed by atoms with van der Waals surface area (Å²) in [5, 5.41) is 15.7. The van der Waals surface area contributed by atoms with Crippen LogP contribution in [0.4, 0.5) is 26.3 Å². The maximum atomic E-state index is 11.4. The smallest absolute Gasteiger partial charge is 0.504 e. The van der Waals surface area contributed by atoms with E-state index in [1.54, 1.807) is 5.30 Å². The molecule has 0 amide bonds. The summed E-state index contributed by atoms with van der Waals surface area (Å²) in [6.45, 7) is 0. The summed E-state index contributed by atoms with van der Waals surface area (Å²) in [5.41, 5.74) is 0. The van der Waals surface area contributed by atoms with E-state index in [2.05, 4.69) is 152 Å². The topological polar surface area (TPSA) is 37.3 Å². The molecule has 0 radical (unpaired) electrons. The van der Waals surface area contributed by atoms with Gasteiger partial charge < -0.3 is 5.11 Å². The van der Waals surface area contributed by atoms with Crippen LogP contribution in [-0.2, 0) is 25.2 Å². The summed E-state index contributed by atoms with van der Waals surface area (Å²) in [6, 6.07) is 56.5. The number of hydrogen-bond acceptors (Lipinski definition) is 2. The predicted octanol–water partition coefficient (Wildman–Crippen LogP) is 8.38. The van der Waals surface area contributed by atoms with Gasteiger partial charge in [0.25, 0.3) is 5.78 Å². The van der Waals surface area contributed by atoms with E-state index in [0.29, 0.717) is 0 Å². The molecule has 0 unspecified atom stereocenters. The van der Waals surface area contributed by atoms with Crippen LogP contribution in [0.3, 0.4) is 0 Å². The van der Waals surface area contributed by atoms with E-state index in [1.807, 2.05) is 0 Å². The fraction of sp³-hybridized carbons (Fsp3) is 0.154. The van der Waals surface area contributed by atoms with Crippen molar-refractivity contribution in [2.24, 2.45) is 0 Å². The Morgan fingerprint density at radius 1 is 0.471 bits per heavy atom. The van der Waals surface area contributed by atoms with Crippen molar-refractivity contribution in [3.05, 3.63) is 163 Å². The molecule has 0 aromatic heterocycles. The summed E-state index contributed by atoms with van der Waals surface area (Å²) in [7, 11) is -2.31. The SMILES string of the molecule is O=C(C=C(O)C(F)(F)F)C(F)(F)F.[Pd+2].c1ccc([PH+](CC[PH+](c2ccccc2)c2ccccc2)CC[PH+](c2ccccc2)c2ccccc2)cc1. The van der Waals surface area contributed by atoms with Gasteiger partial charge in [0.2, 0.25) is 5.76 Å². The van der Waals surface area contributed by atoms with Crippen molar-refractivity contribution in [2.75, 3.05) is 24.6 Å². The normalized spacial score (nSPS) is 11.9. The van der Waals surface area contributed by atoms with E-state index < -0.39 is 53.7 Å². The van der Waals surface area contributed by atoms with Gasteiger partial charge in [0.1, 0.15) is 12.3 Å². The number of aliphatic hydroxyl groups is 1. The number of hydrogen-bond donors (Lipinski definition) is 1. The molecule has 5 aromatic carbocycles. The Morgan fingerprint density at radius 3 is 1.00 bits per heavy atom. The van der Waals surface area contributed by atoms with E-state index in [0.717, 1.165) is 0 Å². The fourth-order valence-corrected chi connectivity index (χ4v) is 15.5. The third kappa shape index (κ3) is 13.7. The van der Waals surface area contributed by atoms with Crippen LogP contribution in [0.1, 0.15) is 0 Å². The van der Waals surface area contributed by atoms with Crippen LogP contribution in [0, 0.1) is 0 Å². The molecular weight excluding hydrogens is 814 g/mol. The van der Waals surface area contributed by atoms with Gasteiger partial charge in [-0.25, -0.2) is 0 Å². The maximum absolute atomic E-state index is 11.4. The molecule has 51 heavy (non-hydrogen) atoms. The first-order valence-corrected chi connectivity index (χ1v) is 21.2. The van der Waals surface area contributed by atoms with E-state index in [9.17, 15) is 31.1 Å². The van der Waals surface area contributed by atoms with Gasteiger partial charge in [0.15, 0.2) is 0 Å². The molecule has 268 valence electrons. The van der Waals surface area contributed by atoms with Crippen molar-refractivity contribution in [3.8, 4) is 0 Å². The molecule has 1 N–H and O–H groups in total. The van der Waals surface area contributed by atoms with Crippen LogP contribution < -0.4 is 26.5 Å². The molecule has 0 aliphatic carbocycles. The summed E-state index contributed by atoms with van der Waals surface area (Å²) < 4.78 is 68.1. The van der Waals surface area contributed by atoms with Crippen LogP contribution in [0.2, 0.25) is 0 Å². The quantitative estimate of drug-likeness (QED) is 0.0451. The standard InChI is InChI=1S/C34H33P3.C5H2F6O2.Pd/c1-6-16-30(17-7-1)35(26-28-36(31-18-8-2-9-19-31)32-20-10-3-11-21-32)27-29-37(33-22-12-4-13-23-33)34-24-14-5-15-25-34;6-4(7,8)2(12)1-3(13)5(9,10)11;/h1-25H,26-29H2;1,12H;/q;;+2/p+3. The Kier molecular flexibility index (Phi) is 17.2. The minimum Gasteiger partial charge on any atom is -0.504 e. The number of allylic oxidation sites excluding steroid dienone is 2. The molecule has 0 atom stereocenters. The fourth-order valence-electron chi connectivity index (χ4n) is 5.40. The van der Waals surface area contributed by atoms with Gasteiger partial charge in [0.05, 0.1) is 54.7 Å². The van der Waals surface area contributed by atoms with Crippen molar-refractivity contribution in [1.29, 1.82) is 0 Å². The zero-order valence-corrected chi connectivity index (χ0v) is 31.8. The molecule has 12 heteroatoms. The number of ketones is 1. The molecule has 0 spiro atoms. The third-order valence-electron chi connectivity index (χ3n) is 7.86. The molecule has 0 fully saturated rings. The van der Waals surface area contributed by atoms with E-state index in [-0.39, 0.29) is 20.4 Å². The van der Waals surface area contributed by atoms with Crippen LogP contribution >= 0.6 is 23.8 Å². The largest absolute Gasteiger partial charge is 2.00 e. The van der Waals surface area contributed by atoms with Gasteiger partial charge in [-0.15, -0.1) is 0 Å². The second-order valence-corrected chi connectivity index (χ2v) is 19.3. The molecule has 5 rings (SSSR count). The first kappa shape index (κ1) is 42.3. The molecule has 0 saturated heterocycles. The Hall–Kier alpha value is -3.16. The number of alkyl halides is 6. The third-order valence-corrected chi connectivity index (χ3v) is 17.3. The molecular formula is C39H38F6O2P3Pd+5. The summed E-state index contributed by atoms with van der Waals surface area (Å²) >= 11 is 0. The Balaban J connectivity index is 0.000000430. The van der Waals surface area contributed by atoms with E-state index in [4.69, 9.17) is 5.11 Å². The van der Waals surface area contributed by atoms with E-state index >= 15 is 0 Å². The molecule has 0 heterocycles. The first-order chi connectivity index (χ1) is 23.9. The van der Waals surface area contributed by atoms with Crippen LogP contribution in [0.15, 0.2) is 163 Å². The second kappa shape index (κ2) is 20.8. The van der Waals surface area contributed by atoms with Gasteiger partial charge in [-0.1, -0.05) is 91.0 Å². The summed E-state index contributed by atoms with van der Waals surface area (Å²) in [6.07, 6.45) is -6.45. The molecule has 5 aromatic rings. The predicted molar refractivity (Wildman–Crippen MR) is 203 cm³/mol. The molecule has 0 saturated carbocycles. The Bertz CT molecular complexity index is 1600. The van der Waals surface area contributed by atoms with Gasteiger partial charge in [0, 0.05) is 14.0 Å². The molecule has 2 nitrogen and oxygen atoms in total. The number of carbonyl (C=O) groups excluding carboxylic acids is 1. The Morgan fingerprint density at radius 2 is 0.745 bits per heavy atom. The number of rotatable bonds is 12. The van der Waals surface area contributed by atoms with Crippen LogP contribution in [0.5, 0.6) is 0 Å². The average Bonchev–Trinajstić information content (AvgIpc) is 3.12. The maximum Gasteiger partial charge on any atom is 2.00 e. The van der Waals surface area contributed by atoms with Crippen molar-refractivity contribution in [1.82, 2.24) is 0 Å². The zero-order chi connectivity index (χ0) is 36.0.